The van der Waals surface area contributed by atoms with Gasteiger partial charge in [0.1, 0.15) is 6.29 Å². The molecule has 1 nitrogen and oxygen atoms in total. The van der Waals surface area contributed by atoms with E-state index in [1.54, 1.807) is 0 Å². The molecule has 0 aliphatic carbocycles. The van der Waals surface area contributed by atoms with Crippen molar-refractivity contribution in [3.05, 3.63) is 40.0 Å². The van der Waals surface area contributed by atoms with Crippen molar-refractivity contribution in [3.8, 4) is 0 Å². The first kappa shape index (κ1) is 11.7. The fourth-order valence-electron chi connectivity index (χ4n) is 1.56. The van der Waals surface area contributed by atoms with E-state index < -0.39 is 0 Å². The van der Waals surface area contributed by atoms with Crippen LogP contribution in [0.25, 0.3) is 6.08 Å². The highest BCUT2D eigenvalue weighted by Crippen LogP contribution is 2.18. The molecule has 1 aromatic carbocycles. The molecule has 0 heterocycles. The van der Waals surface area contributed by atoms with E-state index in [2.05, 4.69) is 32.9 Å². The Hall–Kier alpha value is -1.37. The van der Waals surface area contributed by atoms with Gasteiger partial charge in [-0.2, -0.15) is 0 Å². The number of hydrogen-bond acceptors (Lipinski definition) is 1. The fourth-order valence-corrected chi connectivity index (χ4v) is 1.56. The van der Waals surface area contributed by atoms with E-state index in [4.69, 9.17) is 0 Å². The van der Waals surface area contributed by atoms with Gasteiger partial charge in [0.25, 0.3) is 0 Å². The largest absolute Gasteiger partial charge is 0.298 e. The molecule has 15 heavy (non-hydrogen) atoms. The average Bonchev–Trinajstić information content (AvgIpc) is 2.21. The Labute approximate surface area is 91.8 Å². The minimum absolute atomic E-state index is 0.788. The fraction of sp³-hybridized carbons (Fsp3) is 0.357. The van der Waals surface area contributed by atoms with E-state index in [-0.39, 0.29) is 0 Å². The Morgan fingerprint density at radius 2 is 1.73 bits per heavy atom. The van der Waals surface area contributed by atoms with Crippen LogP contribution in [0.15, 0.2) is 17.7 Å². The van der Waals surface area contributed by atoms with E-state index in [1.807, 2.05) is 13.0 Å². The smallest absolute Gasteiger partial charge is 0.146 e. The van der Waals surface area contributed by atoms with Crippen LogP contribution in [0.5, 0.6) is 0 Å². The van der Waals surface area contributed by atoms with Crippen molar-refractivity contribution in [2.45, 2.75) is 34.1 Å². The maximum absolute atomic E-state index is 10.7. The van der Waals surface area contributed by atoms with Crippen LogP contribution in [0, 0.1) is 20.8 Å². The summed E-state index contributed by atoms with van der Waals surface area (Å²) in [4.78, 5) is 10.7. The van der Waals surface area contributed by atoms with Crippen molar-refractivity contribution in [1.29, 1.82) is 0 Å². The summed E-state index contributed by atoms with van der Waals surface area (Å²) in [5.74, 6) is 0. The third-order valence-corrected chi connectivity index (χ3v) is 2.78. The highest BCUT2D eigenvalue weighted by molar-refractivity contribution is 5.82. The number of rotatable bonds is 3. The highest BCUT2D eigenvalue weighted by atomic mass is 16.1. The summed E-state index contributed by atoms with van der Waals surface area (Å²) >= 11 is 0. The maximum atomic E-state index is 10.7. The van der Waals surface area contributed by atoms with E-state index >= 15 is 0 Å². The topological polar surface area (TPSA) is 17.1 Å². The molecule has 0 fully saturated rings. The molecule has 0 amide bonds. The summed E-state index contributed by atoms with van der Waals surface area (Å²) in [5, 5.41) is 0. The van der Waals surface area contributed by atoms with Crippen molar-refractivity contribution in [1.82, 2.24) is 0 Å². The summed E-state index contributed by atoms with van der Waals surface area (Å²) in [5.41, 5.74) is 5.80. The molecule has 0 saturated heterocycles. The molecule has 0 aliphatic heterocycles. The summed E-state index contributed by atoms with van der Waals surface area (Å²) in [7, 11) is 0. The van der Waals surface area contributed by atoms with E-state index in [1.165, 1.54) is 16.7 Å². The number of hydrogen-bond donors (Lipinski definition) is 0. The monoisotopic (exact) mass is 202 g/mol. The number of aldehydes is 1. The lowest BCUT2D eigenvalue weighted by molar-refractivity contribution is -0.104. The van der Waals surface area contributed by atoms with Gasteiger partial charge in [-0.05, 0) is 61.1 Å². The molecule has 0 bridgehead atoms. The highest BCUT2D eigenvalue weighted by Gasteiger charge is 2.00. The van der Waals surface area contributed by atoms with Crippen LogP contribution < -0.4 is 0 Å². The van der Waals surface area contributed by atoms with Crippen LogP contribution in [0.1, 0.15) is 35.6 Å². The number of allylic oxidation sites excluding steroid dienone is 1. The molecule has 0 N–H and O–H groups in total. The molecule has 1 heteroatoms. The molecule has 0 spiro atoms. The lowest BCUT2D eigenvalue weighted by Crippen LogP contribution is -1.89. The van der Waals surface area contributed by atoms with E-state index in [0.29, 0.717) is 0 Å². The van der Waals surface area contributed by atoms with Crippen LogP contribution in [0.3, 0.4) is 0 Å². The first-order chi connectivity index (χ1) is 7.08. The molecule has 0 unspecified atom stereocenters. The van der Waals surface area contributed by atoms with Crippen molar-refractivity contribution in [2.24, 2.45) is 0 Å². The average molecular weight is 202 g/mol. The number of carbonyl (C=O) groups excluding carboxylic acids is 1. The quantitative estimate of drug-likeness (QED) is 0.540. The van der Waals surface area contributed by atoms with Crippen LogP contribution in [0.4, 0.5) is 0 Å². The predicted octanol–water partition coefficient (Wildman–Crippen LogP) is 3.60. The molecule has 80 valence electrons. The summed E-state index contributed by atoms with van der Waals surface area (Å²) in [6.45, 7) is 8.28. The summed E-state index contributed by atoms with van der Waals surface area (Å²) in [6, 6.07) is 4.31. The zero-order valence-corrected chi connectivity index (χ0v) is 9.92. The molecule has 1 aromatic rings. The zero-order valence-electron chi connectivity index (χ0n) is 9.92. The number of aryl methyl sites for hydroxylation is 3. The van der Waals surface area contributed by atoms with Crippen LogP contribution in [-0.4, -0.2) is 6.29 Å². The van der Waals surface area contributed by atoms with Gasteiger partial charge in [-0.25, -0.2) is 0 Å². The Balaban J connectivity index is 3.20. The Bertz CT molecular complexity index is 400. The summed E-state index contributed by atoms with van der Waals surface area (Å²) in [6.07, 6.45) is 3.71. The van der Waals surface area contributed by atoms with Crippen molar-refractivity contribution in [3.63, 3.8) is 0 Å². The van der Waals surface area contributed by atoms with Gasteiger partial charge in [-0.1, -0.05) is 19.1 Å². The van der Waals surface area contributed by atoms with Crippen molar-refractivity contribution < 1.29 is 4.79 Å². The van der Waals surface area contributed by atoms with Gasteiger partial charge in [-0.15, -0.1) is 0 Å². The van der Waals surface area contributed by atoms with Gasteiger partial charge < -0.3 is 0 Å². The van der Waals surface area contributed by atoms with Gasteiger partial charge in [0.2, 0.25) is 0 Å². The molecular weight excluding hydrogens is 184 g/mol. The van der Waals surface area contributed by atoms with Gasteiger partial charge in [0.15, 0.2) is 0 Å². The van der Waals surface area contributed by atoms with Crippen molar-refractivity contribution >= 4 is 12.4 Å². The maximum Gasteiger partial charge on any atom is 0.146 e. The molecule has 0 radical (unpaired) electrons. The molecule has 0 aliphatic rings. The Kier molecular flexibility index (Phi) is 3.84. The third-order valence-electron chi connectivity index (χ3n) is 2.78. The zero-order chi connectivity index (χ0) is 11.4. The first-order valence-corrected chi connectivity index (χ1v) is 5.32. The van der Waals surface area contributed by atoms with Gasteiger partial charge in [-0.3, -0.25) is 4.79 Å². The number of benzene rings is 1. The van der Waals surface area contributed by atoms with Crippen LogP contribution >= 0.6 is 0 Å². The van der Waals surface area contributed by atoms with E-state index in [0.717, 1.165) is 23.8 Å². The standard InChI is InChI=1S/C14H18O/c1-5-13(9-15)8-14-7-11(3)10(2)6-12(14)4/h6-9H,5H2,1-4H3/b13-8-. The second kappa shape index (κ2) is 4.92. The Morgan fingerprint density at radius 1 is 1.13 bits per heavy atom. The molecular formula is C14H18O. The molecule has 0 saturated carbocycles. The Morgan fingerprint density at radius 3 is 2.27 bits per heavy atom. The summed E-state index contributed by atoms with van der Waals surface area (Å²) < 4.78 is 0. The lowest BCUT2D eigenvalue weighted by atomic mass is 9.99. The lowest BCUT2D eigenvalue weighted by Gasteiger charge is -2.06. The minimum atomic E-state index is 0.788. The second-order valence-electron chi connectivity index (χ2n) is 3.98. The van der Waals surface area contributed by atoms with Gasteiger partial charge >= 0.3 is 0 Å². The minimum Gasteiger partial charge on any atom is -0.298 e. The van der Waals surface area contributed by atoms with Crippen LogP contribution in [-0.2, 0) is 4.79 Å². The SMILES string of the molecule is CC/C(C=O)=C/c1cc(C)c(C)cc1C. The van der Waals surface area contributed by atoms with Gasteiger partial charge in [0, 0.05) is 0 Å². The van der Waals surface area contributed by atoms with Gasteiger partial charge in [0.05, 0.1) is 0 Å². The first-order valence-electron chi connectivity index (χ1n) is 5.32. The molecule has 1 rings (SSSR count). The molecule has 0 atom stereocenters. The molecule has 0 aromatic heterocycles. The van der Waals surface area contributed by atoms with Crippen molar-refractivity contribution in [2.75, 3.05) is 0 Å². The normalized spacial score (nSPS) is 11.6. The predicted molar refractivity (Wildman–Crippen MR) is 65.0 cm³/mol. The van der Waals surface area contributed by atoms with Crippen LogP contribution in [0.2, 0.25) is 0 Å². The third kappa shape index (κ3) is 2.79. The van der Waals surface area contributed by atoms with E-state index in [9.17, 15) is 4.79 Å². The second-order valence-corrected chi connectivity index (χ2v) is 3.98. The number of carbonyl (C=O) groups is 1.